The Kier molecular flexibility index (Phi) is 12.2. The van der Waals surface area contributed by atoms with Crippen LogP contribution in [-0.4, -0.2) is 76.8 Å². The molecule has 2 aliphatic heterocycles. The van der Waals surface area contributed by atoms with Crippen molar-refractivity contribution in [2.24, 2.45) is 11.3 Å². The van der Waals surface area contributed by atoms with Gasteiger partial charge in [0.2, 0.25) is 0 Å². The standard InChI is InChI=1S/C46H48BrClN4O6S/c1-46(2)17-13-34(40(28-46)32-3-5-35(48)6-4-32)29-51-19-21-52(22-20-51)36-7-10-39(44(26-36)58-37-8-11-42-33(25-37)14-18-49-42)45(53)50-59(54,55)38-9-12-43(41(47)27-38)57-30-31-15-23-56-24-16-31/h3-14,18,25-28,31,49H,15-17,19-24,29-30H2,1-2H3,(H,50,53). The lowest BCUT2D eigenvalue weighted by atomic mass is 9.78. The number of aromatic nitrogens is 1. The molecule has 0 spiro atoms. The second-order valence-electron chi connectivity index (χ2n) is 16.2. The van der Waals surface area contributed by atoms with Crippen LogP contribution in [0.2, 0.25) is 5.02 Å². The molecule has 0 atom stereocenters. The number of anilines is 1. The molecule has 10 nitrogen and oxygen atoms in total. The van der Waals surface area contributed by atoms with Gasteiger partial charge in [0, 0.05) is 79.8 Å². The van der Waals surface area contributed by atoms with Crippen molar-refractivity contribution in [2.75, 3.05) is 57.4 Å². The highest BCUT2D eigenvalue weighted by molar-refractivity contribution is 9.10. The summed E-state index contributed by atoms with van der Waals surface area (Å²) in [6.07, 6.45) is 9.44. The van der Waals surface area contributed by atoms with Crippen molar-refractivity contribution in [3.63, 3.8) is 0 Å². The molecule has 2 fully saturated rings. The van der Waals surface area contributed by atoms with Crippen LogP contribution < -0.4 is 19.1 Å². The van der Waals surface area contributed by atoms with E-state index in [9.17, 15) is 13.2 Å². The topological polar surface area (TPSA) is 113 Å². The summed E-state index contributed by atoms with van der Waals surface area (Å²) < 4.78 is 47.9. The lowest BCUT2D eigenvalue weighted by Crippen LogP contribution is -2.47. The van der Waals surface area contributed by atoms with Crippen LogP contribution in [-0.2, 0) is 14.8 Å². The number of nitrogens with zero attached hydrogens (tertiary/aromatic N) is 2. The second kappa shape index (κ2) is 17.6. The summed E-state index contributed by atoms with van der Waals surface area (Å²) in [5, 5.41) is 1.67. The normalized spacial score (nSPS) is 17.7. The molecule has 0 radical (unpaired) electrons. The first kappa shape index (κ1) is 41.2. The van der Waals surface area contributed by atoms with Gasteiger partial charge in [-0.05, 0) is 130 Å². The van der Waals surface area contributed by atoms with Crippen LogP contribution in [0.1, 0.15) is 49.0 Å². The van der Waals surface area contributed by atoms with Crippen LogP contribution in [0.4, 0.5) is 5.69 Å². The average Bonchev–Trinajstić information content (AvgIpc) is 3.70. The highest BCUT2D eigenvalue weighted by atomic mass is 79.9. The summed E-state index contributed by atoms with van der Waals surface area (Å²) in [6, 6.07) is 25.4. The number of H-pyrrole nitrogens is 1. The van der Waals surface area contributed by atoms with Gasteiger partial charge in [-0.2, -0.15) is 0 Å². The number of nitrogens with one attached hydrogen (secondary N) is 2. The fourth-order valence-corrected chi connectivity index (χ4v) is 9.58. The molecule has 8 rings (SSSR count). The first-order valence-corrected chi connectivity index (χ1v) is 22.7. The van der Waals surface area contributed by atoms with Crippen molar-refractivity contribution in [3.05, 3.63) is 129 Å². The second-order valence-corrected chi connectivity index (χ2v) is 19.1. The molecule has 13 heteroatoms. The molecule has 1 aliphatic carbocycles. The summed E-state index contributed by atoms with van der Waals surface area (Å²) in [5.41, 5.74) is 5.74. The molecule has 5 aromatic rings. The molecule has 1 amide bonds. The van der Waals surface area contributed by atoms with Gasteiger partial charge in [0.1, 0.15) is 17.2 Å². The number of halogens is 2. The third kappa shape index (κ3) is 9.90. The minimum atomic E-state index is -4.26. The van der Waals surface area contributed by atoms with Gasteiger partial charge in [0.15, 0.2) is 0 Å². The van der Waals surface area contributed by atoms with E-state index in [0.29, 0.717) is 41.7 Å². The summed E-state index contributed by atoms with van der Waals surface area (Å²) >= 11 is 9.70. The van der Waals surface area contributed by atoms with Gasteiger partial charge in [-0.3, -0.25) is 9.69 Å². The van der Waals surface area contributed by atoms with Crippen molar-refractivity contribution in [3.8, 4) is 17.2 Å². The van der Waals surface area contributed by atoms with Crippen molar-refractivity contribution in [2.45, 2.75) is 38.0 Å². The zero-order valence-corrected chi connectivity index (χ0v) is 36.3. The summed E-state index contributed by atoms with van der Waals surface area (Å²) in [5.74, 6) is 0.870. The van der Waals surface area contributed by atoms with Crippen molar-refractivity contribution >= 4 is 65.6 Å². The van der Waals surface area contributed by atoms with Crippen LogP contribution in [0.3, 0.4) is 0 Å². The first-order chi connectivity index (χ1) is 28.4. The number of amides is 1. The first-order valence-electron chi connectivity index (χ1n) is 20.0. The maximum absolute atomic E-state index is 13.9. The van der Waals surface area contributed by atoms with E-state index in [-0.39, 0.29) is 21.6 Å². The third-order valence-electron chi connectivity index (χ3n) is 11.3. The third-order valence-corrected chi connectivity index (χ3v) is 13.5. The summed E-state index contributed by atoms with van der Waals surface area (Å²) in [4.78, 5) is 21.8. The van der Waals surface area contributed by atoms with E-state index < -0.39 is 15.9 Å². The molecule has 0 bridgehead atoms. The Morgan fingerprint density at radius 1 is 0.949 bits per heavy atom. The number of rotatable bonds is 12. The maximum Gasteiger partial charge on any atom is 0.268 e. The maximum atomic E-state index is 13.9. The molecule has 1 aromatic heterocycles. The molecule has 308 valence electrons. The Bertz CT molecular complexity index is 2500. The number of fused-ring (bicyclic) bond motifs is 1. The predicted octanol–water partition coefficient (Wildman–Crippen LogP) is 9.86. The SMILES string of the molecule is CC1(C)C=C(c2ccc(Cl)cc2)C(CN2CCN(c3ccc(C(=O)NS(=O)(=O)c4ccc(OCC5CCOCC5)c(Br)c4)c(Oc4ccc5[nH]ccc5c4)c3)CC2)=CC1. The quantitative estimate of drug-likeness (QED) is 0.127. The summed E-state index contributed by atoms with van der Waals surface area (Å²) in [6.45, 7) is 10.5. The number of hydrogen-bond acceptors (Lipinski definition) is 8. The minimum absolute atomic E-state index is 0.0697. The number of allylic oxidation sites excluding steroid dienone is 2. The van der Waals surface area contributed by atoms with Crippen LogP contribution in [0, 0.1) is 11.3 Å². The fraction of sp³-hybridized carbons (Fsp3) is 0.326. The zero-order chi connectivity index (χ0) is 41.1. The minimum Gasteiger partial charge on any atom is -0.492 e. The Morgan fingerprint density at radius 2 is 1.73 bits per heavy atom. The van der Waals surface area contributed by atoms with Crippen molar-refractivity contribution in [1.82, 2.24) is 14.6 Å². The molecule has 2 N–H and O–H groups in total. The molecule has 0 saturated carbocycles. The molecular formula is C46H48BrClN4O6S. The van der Waals surface area contributed by atoms with E-state index in [1.807, 2.05) is 54.7 Å². The van der Waals surface area contributed by atoms with E-state index >= 15 is 0 Å². The Hall–Kier alpha value is -4.59. The number of hydrogen-bond donors (Lipinski definition) is 2. The number of benzene rings is 4. The highest BCUT2D eigenvalue weighted by Crippen LogP contribution is 2.39. The Morgan fingerprint density at radius 3 is 2.49 bits per heavy atom. The van der Waals surface area contributed by atoms with Crippen LogP contribution >= 0.6 is 27.5 Å². The predicted molar refractivity (Wildman–Crippen MR) is 237 cm³/mol. The highest BCUT2D eigenvalue weighted by Gasteiger charge is 2.28. The van der Waals surface area contributed by atoms with Crippen molar-refractivity contribution < 1.29 is 27.4 Å². The molecule has 3 heterocycles. The van der Waals surface area contributed by atoms with Crippen LogP contribution in [0.5, 0.6) is 17.2 Å². The summed E-state index contributed by atoms with van der Waals surface area (Å²) in [7, 11) is -4.26. The van der Waals surface area contributed by atoms with Crippen LogP contribution in [0.15, 0.2) is 118 Å². The molecular weight excluding hydrogens is 852 g/mol. The van der Waals surface area contributed by atoms with E-state index in [2.05, 4.69) is 73.6 Å². The number of aromatic amines is 1. The molecule has 0 unspecified atom stereocenters. The molecule has 3 aliphatic rings. The van der Waals surface area contributed by atoms with Gasteiger partial charge in [0.25, 0.3) is 15.9 Å². The number of carbonyl (C=O) groups excluding carboxylic acids is 1. The number of carbonyl (C=O) groups is 1. The van der Waals surface area contributed by atoms with Crippen molar-refractivity contribution in [1.29, 1.82) is 0 Å². The van der Waals surface area contributed by atoms with Gasteiger partial charge in [-0.25, -0.2) is 13.1 Å². The van der Waals surface area contributed by atoms with Gasteiger partial charge < -0.3 is 24.1 Å². The molecule has 59 heavy (non-hydrogen) atoms. The van der Waals surface area contributed by atoms with Gasteiger partial charge in [0.05, 0.1) is 21.5 Å². The van der Waals surface area contributed by atoms with E-state index in [1.165, 1.54) is 28.8 Å². The Labute approximate surface area is 359 Å². The van der Waals surface area contributed by atoms with Gasteiger partial charge in [-0.1, -0.05) is 49.7 Å². The van der Waals surface area contributed by atoms with Gasteiger partial charge in [-0.15, -0.1) is 0 Å². The largest absolute Gasteiger partial charge is 0.492 e. The van der Waals surface area contributed by atoms with Gasteiger partial charge >= 0.3 is 0 Å². The van der Waals surface area contributed by atoms with E-state index in [1.54, 1.807) is 12.1 Å². The zero-order valence-electron chi connectivity index (χ0n) is 33.2. The fourth-order valence-electron chi connectivity index (χ4n) is 7.82. The monoisotopic (exact) mass is 898 g/mol. The number of ether oxygens (including phenoxy) is 3. The van der Waals surface area contributed by atoms with E-state index in [0.717, 1.165) is 73.6 Å². The average molecular weight is 900 g/mol. The van der Waals surface area contributed by atoms with Crippen LogP contribution in [0.25, 0.3) is 16.5 Å². The lowest BCUT2D eigenvalue weighted by molar-refractivity contribution is 0.0496. The number of piperazine rings is 1. The molecule has 4 aromatic carbocycles. The molecule has 2 saturated heterocycles. The Balaban J connectivity index is 0.979. The van der Waals surface area contributed by atoms with E-state index in [4.69, 9.17) is 25.8 Å². The number of sulfonamides is 1. The smallest absolute Gasteiger partial charge is 0.268 e. The lowest BCUT2D eigenvalue weighted by Gasteiger charge is -2.38.